The smallest absolute Gasteiger partial charge is 0.431 e. The summed E-state index contributed by atoms with van der Waals surface area (Å²) in [7, 11) is 0. The lowest BCUT2D eigenvalue weighted by Gasteiger charge is -2.31. The number of hydrazine groups is 1. The molecule has 0 aliphatic heterocycles. The number of carbonyl (C=O) groups excluding carboxylic acids is 10. The highest BCUT2D eigenvalue weighted by atomic mass is 35.5. The largest absolute Gasteiger partial charge is 0.460 e. The standard InChI is InChI=1S/C89H103ClN12O15/c1-57(114-53-63-37-20-10-21-38-63)77(84(108)98-74(49-61-33-16-8-17-34-61)83(107)101-78(58(2)115-54-64-39-22-11-23-40-64)85(109)99-76(56-113-52-62-35-18-9-19-36-62)86(110)102(93)88(112)117-89(3,4)5)100-80(104)72(46-28-44-69(91)87(111)116-55-65-41-24-26-43-68(65)90)95-82(106)75(50-66-51-94-71-45-27-25-42-67(66)71)97-81(105)73(48-60-31-14-7-15-32-60)96-79(103)70(92)47-59-29-12-6-13-30-59/h6-27,29-43,45,51,57-58,69-70,72-78,94H,28,44,46-50,52-56,91-93H2,1-5H3,(H,95,106)(H,96,103)(H,97,105)(H,98,108)(H,99,109)(H,100,104)(H,101,107)/t57-,58-,69?,70+,72+,73+,74+,75+,76+,77+,78+/m1/s1. The van der Waals surface area contributed by atoms with Crippen LogP contribution in [0, 0.1) is 0 Å². The molecule has 14 N–H and O–H groups in total. The number of carbonyl (C=O) groups is 10. The highest BCUT2D eigenvalue weighted by molar-refractivity contribution is 6.31. The number of aromatic amines is 1. The van der Waals surface area contributed by atoms with Gasteiger partial charge < -0.3 is 77.4 Å². The highest BCUT2D eigenvalue weighted by Gasteiger charge is 2.40. The number of halogens is 1. The summed E-state index contributed by atoms with van der Waals surface area (Å²) in [5.74, 6) is -2.04. The number of H-pyrrole nitrogens is 1. The minimum atomic E-state index is -1.73. The van der Waals surface area contributed by atoms with Crippen LogP contribution in [-0.2, 0) is 119 Å². The van der Waals surface area contributed by atoms with Crippen molar-refractivity contribution >= 4 is 81.8 Å². The number of rotatable bonds is 42. The van der Waals surface area contributed by atoms with Crippen molar-refractivity contribution in [1.29, 1.82) is 0 Å². The molecule has 0 saturated carbocycles. The van der Waals surface area contributed by atoms with Crippen molar-refractivity contribution in [2.45, 2.75) is 178 Å². The fourth-order valence-electron chi connectivity index (χ4n) is 12.7. The number of benzene rings is 8. The number of imide groups is 1. The van der Waals surface area contributed by atoms with Crippen LogP contribution >= 0.6 is 11.6 Å². The second-order valence-corrected chi connectivity index (χ2v) is 29.9. The first-order chi connectivity index (χ1) is 56.2. The van der Waals surface area contributed by atoms with Gasteiger partial charge >= 0.3 is 12.1 Å². The van der Waals surface area contributed by atoms with Crippen molar-refractivity contribution in [2.24, 2.45) is 17.3 Å². The molecule has 0 bridgehead atoms. The number of fused-ring (bicyclic) bond motifs is 1. The van der Waals surface area contributed by atoms with Gasteiger partial charge in [-0.2, -0.15) is 5.01 Å². The van der Waals surface area contributed by atoms with Crippen molar-refractivity contribution in [2.75, 3.05) is 6.61 Å². The molecule has 9 amide bonds. The normalized spacial score (nSPS) is 14.2. The molecular formula is C89H103ClN12O15. The van der Waals surface area contributed by atoms with Crippen LogP contribution in [0.1, 0.15) is 98.4 Å². The Morgan fingerprint density at radius 3 is 1.32 bits per heavy atom. The lowest BCUT2D eigenvalue weighted by molar-refractivity contribution is -0.146. The van der Waals surface area contributed by atoms with Crippen molar-refractivity contribution in [3.63, 3.8) is 0 Å². The first-order valence-electron chi connectivity index (χ1n) is 38.7. The minimum absolute atomic E-state index is 0.0364. The van der Waals surface area contributed by atoms with E-state index in [0.29, 0.717) is 54.9 Å². The zero-order chi connectivity index (χ0) is 83.8. The fourth-order valence-corrected chi connectivity index (χ4v) is 12.9. The molecule has 117 heavy (non-hydrogen) atoms. The molecule has 1 aromatic heterocycles. The van der Waals surface area contributed by atoms with Crippen LogP contribution in [0.5, 0.6) is 0 Å². The van der Waals surface area contributed by atoms with Gasteiger partial charge in [-0.15, -0.1) is 0 Å². The maximum absolute atomic E-state index is 15.8. The molecule has 1 heterocycles. The van der Waals surface area contributed by atoms with Gasteiger partial charge in [-0.25, -0.2) is 10.6 Å². The van der Waals surface area contributed by atoms with Gasteiger partial charge in [0.1, 0.15) is 60.5 Å². The van der Waals surface area contributed by atoms with Gasteiger partial charge in [0.05, 0.1) is 44.7 Å². The summed E-state index contributed by atoms with van der Waals surface area (Å²) < 4.78 is 29.7. The molecule has 8 aromatic carbocycles. The molecule has 9 rings (SSSR count). The lowest BCUT2D eigenvalue weighted by atomic mass is 10.00. The van der Waals surface area contributed by atoms with Crippen LogP contribution in [0.2, 0.25) is 5.02 Å². The third kappa shape index (κ3) is 28.5. The van der Waals surface area contributed by atoms with E-state index in [-0.39, 0.29) is 76.4 Å². The molecule has 0 radical (unpaired) electrons. The van der Waals surface area contributed by atoms with Gasteiger partial charge in [0.2, 0.25) is 41.4 Å². The highest BCUT2D eigenvalue weighted by Crippen LogP contribution is 2.23. The number of nitrogens with one attached hydrogen (secondary N) is 8. The molecule has 0 spiro atoms. The number of ether oxygens (including phenoxy) is 5. The molecule has 616 valence electrons. The third-order valence-electron chi connectivity index (χ3n) is 19.1. The molecule has 9 aromatic rings. The lowest BCUT2D eigenvalue weighted by Crippen LogP contribution is -2.64. The van der Waals surface area contributed by atoms with Crippen LogP contribution in [0.15, 0.2) is 237 Å². The summed E-state index contributed by atoms with van der Waals surface area (Å²) in [6, 6.07) is 54.0. The second-order valence-electron chi connectivity index (χ2n) is 29.4. The first-order valence-corrected chi connectivity index (χ1v) is 39.1. The quantitative estimate of drug-likeness (QED) is 0.00744. The SMILES string of the molecule is C[C@@H](OCc1ccccc1)[C@H](NC(=O)[C@H](CCCC(N)C(=O)OCc1ccccc1Cl)NC(=O)[C@H](Cc1c[nH]c2ccccc12)NC(=O)[C@H](Cc1ccccc1)NC(=O)[C@@H](N)Cc1ccccc1)C(=O)N[C@@H](Cc1ccccc1)C(=O)N[C@H](C(=O)N[C@@H](COCc1ccccc1)C(=O)N(N)C(=O)OC(C)(C)C)[C@@H](C)OCc1ccccc1. The average Bonchev–Trinajstić information content (AvgIpc) is 1.71. The number of aromatic nitrogens is 1. The predicted octanol–water partition coefficient (Wildman–Crippen LogP) is 8.12. The molecule has 0 fully saturated rings. The fraction of sp³-hybridized carbons (Fsp3) is 0.326. The number of esters is 1. The molecular weight excluding hydrogens is 1510 g/mol. The summed E-state index contributed by atoms with van der Waals surface area (Å²) in [6.45, 7) is 6.79. The molecule has 0 aliphatic carbocycles. The molecule has 27 nitrogen and oxygen atoms in total. The van der Waals surface area contributed by atoms with Gasteiger partial charge in [0.25, 0.3) is 5.91 Å². The molecule has 11 atom stereocenters. The number of hydrogen-bond donors (Lipinski definition) is 11. The van der Waals surface area contributed by atoms with E-state index in [1.165, 1.54) is 13.8 Å². The van der Waals surface area contributed by atoms with Gasteiger partial charge in [0, 0.05) is 46.9 Å². The second kappa shape index (κ2) is 44.8. The van der Waals surface area contributed by atoms with E-state index in [9.17, 15) is 19.2 Å². The molecule has 1 unspecified atom stereocenters. The maximum atomic E-state index is 15.8. The Labute approximate surface area is 685 Å². The third-order valence-corrected chi connectivity index (χ3v) is 19.5. The van der Waals surface area contributed by atoms with Crippen molar-refractivity contribution in [3.8, 4) is 0 Å². The van der Waals surface area contributed by atoms with E-state index >= 15 is 28.8 Å². The molecule has 0 saturated heterocycles. The summed E-state index contributed by atoms with van der Waals surface area (Å²) in [6.07, 6.45) is -2.75. The van der Waals surface area contributed by atoms with Gasteiger partial charge in [-0.1, -0.05) is 230 Å². The first kappa shape index (κ1) is 89.0. The predicted molar refractivity (Wildman–Crippen MR) is 442 cm³/mol. The number of para-hydroxylation sites is 1. The molecule has 0 aliphatic rings. The topological polar surface area (TPSA) is 398 Å². The van der Waals surface area contributed by atoms with E-state index in [1.807, 2.05) is 54.6 Å². The van der Waals surface area contributed by atoms with Crippen LogP contribution in [0.25, 0.3) is 10.9 Å². The van der Waals surface area contributed by atoms with E-state index in [2.05, 4.69) is 42.2 Å². The Hall–Kier alpha value is -12.0. The van der Waals surface area contributed by atoms with Gasteiger partial charge in [-0.05, 0) is 111 Å². The number of nitrogens with two attached hydrogens (primary N) is 3. The number of amides is 9. The van der Waals surface area contributed by atoms with Crippen LogP contribution in [-0.4, -0.2) is 148 Å². The number of nitrogens with zero attached hydrogens (tertiary/aromatic N) is 1. The van der Waals surface area contributed by atoms with Crippen molar-refractivity contribution in [3.05, 3.63) is 286 Å². The summed E-state index contributed by atoms with van der Waals surface area (Å²) in [4.78, 5) is 152. The Morgan fingerprint density at radius 1 is 0.419 bits per heavy atom. The average molecular weight is 1620 g/mol. The maximum Gasteiger partial charge on any atom is 0.431 e. The van der Waals surface area contributed by atoms with Crippen molar-refractivity contribution in [1.82, 2.24) is 47.2 Å². The zero-order valence-electron chi connectivity index (χ0n) is 66.0. The van der Waals surface area contributed by atoms with Crippen LogP contribution in [0.4, 0.5) is 4.79 Å². The van der Waals surface area contributed by atoms with Gasteiger partial charge in [-0.3, -0.25) is 43.2 Å². The Balaban J connectivity index is 1.05. The van der Waals surface area contributed by atoms with E-state index in [1.54, 1.807) is 203 Å². The monoisotopic (exact) mass is 1610 g/mol. The van der Waals surface area contributed by atoms with Crippen LogP contribution < -0.4 is 54.5 Å². The van der Waals surface area contributed by atoms with E-state index in [0.717, 1.165) is 5.56 Å². The van der Waals surface area contributed by atoms with Crippen LogP contribution in [0.3, 0.4) is 0 Å². The van der Waals surface area contributed by atoms with Gasteiger partial charge in [0.15, 0.2) is 0 Å². The Kier molecular flexibility index (Phi) is 34.1. The minimum Gasteiger partial charge on any atom is -0.460 e. The number of hydrogen-bond acceptors (Lipinski definition) is 18. The zero-order valence-corrected chi connectivity index (χ0v) is 66.8. The van der Waals surface area contributed by atoms with E-state index in [4.69, 9.17) is 52.6 Å². The Morgan fingerprint density at radius 2 is 0.821 bits per heavy atom. The molecule has 28 heteroatoms. The summed E-state index contributed by atoms with van der Waals surface area (Å²) in [5, 5.41) is 21.0. The summed E-state index contributed by atoms with van der Waals surface area (Å²) in [5.41, 5.74) is 17.8. The summed E-state index contributed by atoms with van der Waals surface area (Å²) >= 11 is 6.39. The van der Waals surface area contributed by atoms with E-state index < -0.39 is 138 Å². The Bertz CT molecular complexity index is 4720. The van der Waals surface area contributed by atoms with Crippen molar-refractivity contribution < 1.29 is 71.6 Å².